The van der Waals surface area contributed by atoms with Crippen molar-refractivity contribution < 1.29 is 4.74 Å². The van der Waals surface area contributed by atoms with Crippen LogP contribution in [0.5, 0.6) is 0 Å². The summed E-state index contributed by atoms with van der Waals surface area (Å²) >= 11 is 0. The molecule has 18 heavy (non-hydrogen) atoms. The highest BCUT2D eigenvalue weighted by atomic mass is 16.5. The highest BCUT2D eigenvalue weighted by Gasteiger charge is 2.31. The van der Waals surface area contributed by atoms with Crippen molar-refractivity contribution in [1.82, 2.24) is 5.32 Å². The quantitative estimate of drug-likeness (QED) is 0.774. The van der Waals surface area contributed by atoms with Gasteiger partial charge in [0.2, 0.25) is 0 Å². The second-order valence-electron chi connectivity index (χ2n) is 7.59. The van der Waals surface area contributed by atoms with Gasteiger partial charge in [0.15, 0.2) is 0 Å². The second kappa shape index (κ2) is 6.38. The molecule has 2 unspecified atom stereocenters. The largest absolute Gasteiger partial charge is 0.378 e. The molecule has 0 amide bonds. The Morgan fingerprint density at radius 2 is 1.89 bits per heavy atom. The van der Waals surface area contributed by atoms with Gasteiger partial charge in [-0.05, 0) is 57.8 Å². The molecule has 0 aromatic rings. The number of ether oxygens (including phenoxy) is 1. The molecule has 1 heterocycles. The van der Waals surface area contributed by atoms with Crippen LogP contribution in [-0.2, 0) is 4.74 Å². The van der Waals surface area contributed by atoms with Crippen LogP contribution in [0.25, 0.3) is 0 Å². The highest BCUT2D eigenvalue weighted by molar-refractivity contribution is 4.85. The fourth-order valence-corrected chi connectivity index (χ4v) is 2.41. The Morgan fingerprint density at radius 3 is 2.33 bits per heavy atom. The molecule has 1 aliphatic rings. The lowest BCUT2D eigenvalue weighted by atomic mass is 9.74. The first-order chi connectivity index (χ1) is 8.23. The van der Waals surface area contributed by atoms with E-state index in [1.807, 2.05) is 0 Å². The fourth-order valence-electron chi connectivity index (χ4n) is 2.41. The monoisotopic (exact) mass is 255 g/mol. The van der Waals surface area contributed by atoms with Crippen molar-refractivity contribution in [2.75, 3.05) is 13.2 Å². The standard InChI is InChI=1S/C16H33NO/c1-13(2)16(6,12-17-15(3,4)5)10-9-14-8-7-11-18-14/h13-14,17H,7-12H2,1-6H3. The molecule has 108 valence electrons. The minimum atomic E-state index is 0.208. The molecule has 2 nitrogen and oxygen atoms in total. The average Bonchev–Trinajstić information content (AvgIpc) is 2.75. The Kier molecular flexibility index (Phi) is 5.67. The summed E-state index contributed by atoms with van der Waals surface area (Å²) in [6.45, 7) is 15.9. The van der Waals surface area contributed by atoms with Crippen LogP contribution in [0, 0.1) is 11.3 Å². The van der Waals surface area contributed by atoms with E-state index in [2.05, 4.69) is 46.9 Å². The third kappa shape index (κ3) is 5.27. The maximum atomic E-state index is 5.75. The lowest BCUT2D eigenvalue weighted by molar-refractivity contribution is 0.0778. The molecule has 0 aliphatic carbocycles. The van der Waals surface area contributed by atoms with Gasteiger partial charge >= 0.3 is 0 Å². The van der Waals surface area contributed by atoms with Crippen LogP contribution in [0.15, 0.2) is 0 Å². The molecule has 2 heteroatoms. The lowest BCUT2D eigenvalue weighted by Gasteiger charge is -2.37. The van der Waals surface area contributed by atoms with Crippen molar-refractivity contribution in [2.24, 2.45) is 11.3 Å². The molecule has 1 fully saturated rings. The Morgan fingerprint density at radius 1 is 1.22 bits per heavy atom. The van der Waals surface area contributed by atoms with Crippen LogP contribution in [-0.4, -0.2) is 24.8 Å². The van der Waals surface area contributed by atoms with Gasteiger partial charge in [-0.25, -0.2) is 0 Å². The third-order valence-electron chi connectivity index (χ3n) is 4.48. The first-order valence-corrected chi connectivity index (χ1v) is 7.59. The maximum Gasteiger partial charge on any atom is 0.0576 e. The van der Waals surface area contributed by atoms with Crippen molar-refractivity contribution in [3.63, 3.8) is 0 Å². The van der Waals surface area contributed by atoms with Crippen LogP contribution in [0.4, 0.5) is 0 Å². The highest BCUT2D eigenvalue weighted by Crippen LogP contribution is 2.34. The van der Waals surface area contributed by atoms with E-state index in [4.69, 9.17) is 4.74 Å². The van der Waals surface area contributed by atoms with Crippen LogP contribution < -0.4 is 5.32 Å². The number of nitrogens with one attached hydrogen (secondary N) is 1. The summed E-state index contributed by atoms with van der Waals surface area (Å²) in [4.78, 5) is 0. The molecule has 0 saturated carbocycles. The zero-order valence-corrected chi connectivity index (χ0v) is 13.3. The Bertz CT molecular complexity index is 238. The molecular formula is C16H33NO. The van der Waals surface area contributed by atoms with Crippen molar-refractivity contribution >= 4 is 0 Å². The van der Waals surface area contributed by atoms with Gasteiger partial charge in [0.25, 0.3) is 0 Å². The Hall–Kier alpha value is -0.0800. The number of rotatable bonds is 6. The van der Waals surface area contributed by atoms with Gasteiger partial charge in [-0.2, -0.15) is 0 Å². The summed E-state index contributed by atoms with van der Waals surface area (Å²) in [5.74, 6) is 0.703. The van der Waals surface area contributed by atoms with E-state index < -0.39 is 0 Å². The first-order valence-electron chi connectivity index (χ1n) is 7.59. The number of hydrogen-bond acceptors (Lipinski definition) is 2. The summed E-state index contributed by atoms with van der Waals surface area (Å²) in [7, 11) is 0. The fraction of sp³-hybridized carbons (Fsp3) is 1.00. The van der Waals surface area contributed by atoms with Gasteiger partial charge in [-0.15, -0.1) is 0 Å². The van der Waals surface area contributed by atoms with Gasteiger partial charge < -0.3 is 10.1 Å². The minimum Gasteiger partial charge on any atom is -0.378 e. The molecule has 0 aromatic carbocycles. The molecule has 1 rings (SSSR count). The Labute approximate surface area is 114 Å². The molecule has 0 aromatic heterocycles. The van der Waals surface area contributed by atoms with Crippen LogP contribution in [0.3, 0.4) is 0 Å². The Balaban J connectivity index is 2.45. The van der Waals surface area contributed by atoms with Crippen molar-refractivity contribution in [3.8, 4) is 0 Å². The molecule has 2 atom stereocenters. The van der Waals surface area contributed by atoms with Crippen molar-refractivity contribution in [2.45, 2.75) is 78.9 Å². The van der Waals surface area contributed by atoms with Crippen molar-refractivity contribution in [1.29, 1.82) is 0 Å². The molecule has 0 bridgehead atoms. The lowest BCUT2D eigenvalue weighted by Crippen LogP contribution is -2.45. The molecule has 0 radical (unpaired) electrons. The average molecular weight is 255 g/mol. The normalized spacial score (nSPS) is 24.5. The van der Waals surface area contributed by atoms with Gasteiger partial charge in [-0.3, -0.25) is 0 Å². The smallest absolute Gasteiger partial charge is 0.0576 e. The first kappa shape index (κ1) is 16.0. The predicted octanol–water partition coefficient (Wildman–Crippen LogP) is 4.00. The minimum absolute atomic E-state index is 0.208. The topological polar surface area (TPSA) is 21.3 Å². The SMILES string of the molecule is CC(C)C(C)(CCC1CCCO1)CNC(C)(C)C. The predicted molar refractivity (Wildman–Crippen MR) is 78.9 cm³/mol. The van der Waals surface area contributed by atoms with Crippen molar-refractivity contribution in [3.05, 3.63) is 0 Å². The maximum absolute atomic E-state index is 5.75. The summed E-state index contributed by atoms with van der Waals surface area (Å²) in [6.07, 6.45) is 5.53. The molecule has 1 N–H and O–H groups in total. The third-order valence-corrected chi connectivity index (χ3v) is 4.48. The van der Waals surface area contributed by atoms with Crippen LogP contribution in [0.1, 0.15) is 67.2 Å². The van der Waals surface area contributed by atoms with E-state index in [-0.39, 0.29) is 5.54 Å². The number of hydrogen-bond donors (Lipinski definition) is 1. The zero-order chi connectivity index (χ0) is 13.8. The van der Waals surface area contributed by atoms with E-state index in [0.717, 1.165) is 13.2 Å². The molecule has 1 saturated heterocycles. The van der Waals surface area contributed by atoms with E-state index >= 15 is 0 Å². The summed E-state index contributed by atoms with van der Waals surface area (Å²) in [5, 5.41) is 3.68. The molecular weight excluding hydrogens is 222 g/mol. The second-order valence-corrected chi connectivity index (χ2v) is 7.59. The van der Waals surface area contributed by atoms with Gasteiger partial charge in [0.05, 0.1) is 6.10 Å². The van der Waals surface area contributed by atoms with E-state index in [9.17, 15) is 0 Å². The van der Waals surface area contributed by atoms with E-state index in [1.165, 1.54) is 25.7 Å². The summed E-state index contributed by atoms with van der Waals surface area (Å²) in [5.41, 5.74) is 0.583. The van der Waals surface area contributed by atoms with Gasteiger partial charge in [0.1, 0.15) is 0 Å². The summed E-state index contributed by atoms with van der Waals surface area (Å²) in [6, 6.07) is 0. The van der Waals surface area contributed by atoms with Crippen LogP contribution in [0.2, 0.25) is 0 Å². The molecule has 0 spiro atoms. The zero-order valence-electron chi connectivity index (χ0n) is 13.3. The van der Waals surface area contributed by atoms with E-state index in [1.54, 1.807) is 0 Å². The van der Waals surface area contributed by atoms with Crippen LogP contribution >= 0.6 is 0 Å². The van der Waals surface area contributed by atoms with E-state index in [0.29, 0.717) is 17.4 Å². The summed E-state index contributed by atoms with van der Waals surface area (Å²) < 4.78 is 5.75. The van der Waals surface area contributed by atoms with Gasteiger partial charge in [-0.1, -0.05) is 20.8 Å². The van der Waals surface area contributed by atoms with Gasteiger partial charge in [0, 0.05) is 18.7 Å². The molecule has 1 aliphatic heterocycles.